The van der Waals surface area contributed by atoms with Gasteiger partial charge in [0, 0.05) is 26.3 Å². The highest BCUT2D eigenvalue weighted by Gasteiger charge is 2.52. The van der Waals surface area contributed by atoms with Crippen LogP contribution < -0.4 is 5.46 Å². The molecule has 0 saturated carbocycles. The van der Waals surface area contributed by atoms with Crippen LogP contribution in [-0.2, 0) is 20.8 Å². The molecule has 0 radical (unpaired) electrons. The lowest BCUT2D eigenvalue weighted by Crippen LogP contribution is -2.41. The van der Waals surface area contributed by atoms with Crippen LogP contribution in [0.4, 0.5) is 0 Å². The number of rotatable bonds is 6. The molecule has 3 rings (SSSR count). The molecule has 0 unspecified atom stereocenters. The van der Waals surface area contributed by atoms with E-state index in [9.17, 15) is 0 Å². The van der Waals surface area contributed by atoms with Crippen molar-refractivity contribution < 1.29 is 14.0 Å². The Morgan fingerprint density at radius 3 is 2.42 bits per heavy atom. The summed E-state index contributed by atoms with van der Waals surface area (Å²) in [5.41, 5.74) is 1.01. The fourth-order valence-electron chi connectivity index (χ4n) is 2.80. The first-order valence-electron chi connectivity index (χ1n) is 9.24. The van der Waals surface area contributed by atoms with Crippen LogP contribution in [0.25, 0.3) is 11.0 Å². The van der Waals surface area contributed by atoms with Gasteiger partial charge in [-0.3, -0.25) is 0 Å². The Hall–Kier alpha value is -1.22. The first-order valence-corrected chi connectivity index (χ1v) is 12.9. The maximum Gasteiger partial charge on any atom is 0.495 e. The van der Waals surface area contributed by atoms with Crippen LogP contribution in [0.3, 0.4) is 0 Å². The molecule has 6 nitrogen and oxygen atoms in total. The summed E-state index contributed by atoms with van der Waals surface area (Å²) in [6, 6.07) is 3.08. The summed E-state index contributed by atoms with van der Waals surface area (Å²) in [5.74, 6) is 0. The smallest absolute Gasteiger partial charge is 0.399 e. The number of ether oxygens (including phenoxy) is 1. The van der Waals surface area contributed by atoms with Crippen LogP contribution in [0.5, 0.6) is 0 Å². The number of fused-ring (bicyclic) bond motifs is 1. The molecular weight excluding hydrogens is 345 g/mol. The molecule has 1 aliphatic rings. The molecule has 0 aliphatic carbocycles. The van der Waals surface area contributed by atoms with Gasteiger partial charge < -0.3 is 14.0 Å². The largest absolute Gasteiger partial charge is 0.495 e. The molecule has 1 aliphatic heterocycles. The minimum Gasteiger partial charge on any atom is -0.399 e. The first kappa shape index (κ1) is 19.5. The van der Waals surface area contributed by atoms with Crippen molar-refractivity contribution in [2.75, 3.05) is 6.61 Å². The van der Waals surface area contributed by atoms with Gasteiger partial charge in [-0.1, -0.05) is 19.6 Å². The van der Waals surface area contributed by atoms with E-state index in [-0.39, 0.29) is 11.2 Å². The van der Waals surface area contributed by atoms with Gasteiger partial charge in [-0.25, -0.2) is 9.67 Å². The molecule has 8 heteroatoms. The average molecular weight is 375 g/mol. The molecule has 0 amide bonds. The predicted molar refractivity (Wildman–Crippen MR) is 107 cm³/mol. The van der Waals surface area contributed by atoms with Gasteiger partial charge in [-0.15, -0.1) is 0 Å². The van der Waals surface area contributed by atoms with Crippen LogP contribution in [0, 0.1) is 0 Å². The molecular formula is C18H30BN3O3Si. The molecule has 142 valence electrons. The summed E-state index contributed by atoms with van der Waals surface area (Å²) in [6.07, 6.45) is 3.60. The zero-order valence-corrected chi connectivity index (χ0v) is 18.0. The summed E-state index contributed by atoms with van der Waals surface area (Å²) in [5, 5.41) is 5.41. The Bertz CT molecular complexity index is 770. The standard InChI is InChI=1S/C18H30BN3O3Si/c1-17(2)18(3,4)25-19(24-17)15-8-9-20-16-14(15)12-21-22(16)13-23-10-11-26(5,6)7/h8-9,12H,10-11,13H2,1-7H3. The predicted octanol–water partition coefficient (Wildman–Crippen LogP) is 3.04. The van der Waals surface area contributed by atoms with Gasteiger partial charge in [0.1, 0.15) is 6.73 Å². The summed E-state index contributed by atoms with van der Waals surface area (Å²) in [7, 11) is -1.51. The Morgan fingerprint density at radius 1 is 1.15 bits per heavy atom. The zero-order chi connectivity index (χ0) is 19.2. The summed E-state index contributed by atoms with van der Waals surface area (Å²) < 4.78 is 20.0. The number of hydrogen-bond donors (Lipinski definition) is 0. The Labute approximate surface area is 157 Å². The minimum absolute atomic E-state index is 0.372. The molecule has 26 heavy (non-hydrogen) atoms. The van der Waals surface area contributed by atoms with E-state index in [1.165, 1.54) is 0 Å². The van der Waals surface area contributed by atoms with Gasteiger partial charge in [0.05, 0.1) is 17.4 Å². The third-order valence-electron chi connectivity index (χ3n) is 5.29. The second kappa shape index (κ2) is 6.74. The fourth-order valence-corrected chi connectivity index (χ4v) is 3.55. The van der Waals surface area contributed by atoms with Gasteiger partial charge in [0.25, 0.3) is 0 Å². The molecule has 3 heterocycles. The van der Waals surface area contributed by atoms with Gasteiger partial charge >= 0.3 is 7.12 Å². The molecule has 0 N–H and O–H groups in total. The van der Waals surface area contributed by atoms with Gasteiger partial charge in [-0.2, -0.15) is 5.10 Å². The lowest BCUT2D eigenvalue weighted by molar-refractivity contribution is 0.00578. The monoisotopic (exact) mass is 375 g/mol. The van der Waals surface area contributed by atoms with Crippen molar-refractivity contribution in [3.8, 4) is 0 Å². The van der Waals surface area contributed by atoms with Crippen molar-refractivity contribution in [1.82, 2.24) is 14.8 Å². The van der Waals surface area contributed by atoms with Crippen molar-refractivity contribution in [2.45, 2.75) is 71.3 Å². The maximum atomic E-state index is 6.19. The second-order valence-corrected chi connectivity index (χ2v) is 14.8. The van der Waals surface area contributed by atoms with E-state index in [4.69, 9.17) is 14.0 Å². The minimum atomic E-state index is -1.09. The van der Waals surface area contributed by atoms with Crippen LogP contribution in [0.15, 0.2) is 18.5 Å². The van der Waals surface area contributed by atoms with Crippen LogP contribution >= 0.6 is 0 Å². The molecule has 0 atom stereocenters. The highest BCUT2D eigenvalue weighted by atomic mass is 28.3. The van der Waals surface area contributed by atoms with Crippen LogP contribution in [0.2, 0.25) is 25.7 Å². The van der Waals surface area contributed by atoms with Gasteiger partial charge in [0.2, 0.25) is 0 Å². The van der Waals surface area contributed by atoms with Gasteiger partial charge in [0.15, 0.2) is 5.65 Å². The molecule has 0 bridgehead atoms. The van der Waals surface area contributed by atoms with Crippen LogP contribution in [-0.4, -0.2) is 47.8 Å². The Kier molecular flexibility index (Phi) is 5.07. The van der Waals surface area contributed by atoms with Crippen molar-refractivity contribution in [1.29, 1.82) is 0 Å². The highest BCUT2D eigenvalue weighted by Crippen LogP contribution is 2.36. The molecule has 2 aromatic rings. The topological polar surface area (TPSA) is 58.4 Å². The van der Waals surface area contributed by atoms with E-state index in [0.29, 0.717) is 6.73 Å². The summed E-state index contributed by atoms with van der Waals surface area (Å²) in [4.78, 5) is 4.49. The molecule has 0 spiro atoms. The Balaban J connectivity index is 1.77. The second-order valence-electron chi connectivity index (χ2n) is 9.22. The lowest BCUT2D eigenvalue weighted by atomic mass is 9.78. The fraction of sp³-hybridized carbons (Fsp3) is 0.667. The molecule has 1 fully saturated rings. The number of nitrogens with zero attached hydrogens (tertiary/aromatic N) is 3. The Morgan fingerprint density at radius 2 is 1.81 bits per heavy atom. The quantitative estimate of drug-likeness (QED) is 0.574. The van der Waals surface area contributed by atoms with E-state index >= 15 is 0 Å². The SMILES string of the molecule is CC1(C)OB(c2ccnc3c2cnn3COCC[Si](C)(C)C)OC1(C)C. The van der Waals surface area contributed by atoms with E-state index in [1.807, 2.05) is 12.3 Å². The highest BCUT2D eigenvalue weighted by molar-refractivity contribution is 6.76. The molecule has 1 saturated heterocycles. The first-order chi connectivity index (χ1) is 12.0. The zero-order valence-electron chi connectivity index (χ0n) is 17.0. The maximum absolute atomic E-state index is 6.19. The third-order valence-corrected chi connectivity index (χ3v) is 6.99. The van der Waals surface area contributed by atoms with E-state index in [2.05, 4.69) is 57.4 Å². The van der Waals surface area contributed by atoms with Crippen LogP contribution in [0.1, 0.15) is 27.7 Å². The normalized spacial score (nSPS) is 19.4. The van der Waals surface area contributed by atoms with E-state index in [1.54, 1.807) is 10.9 Å². The van der Waals surface area contributed by atoms with E-state index < -0.39 is 15.2 Å². The van der Waals surface area contributed by atoms with E-state index in [0.717, 1.165) is 29.1 Å². The van der Waals surface area contributed by atoms with Gasteiger partial charge in [-0.05, 0) is 45.3 Å². The summed E-state index contributed by atoms with van der Waals surface area (Å²) >= 11 is 0. The molecule has 0 aromatic carbocycles. The van der Waals surface area contributed by atoms with Crippen molar-refractivity contribution in [3.05, 3.63) is 18.5 Å². The molecule has 2 aromatic heterocycles. The lowest BCUT2D eigenvalue weighted by Gasteiger charge is -2.32. The number of pyridine rings is 1. The summed E-state index contributed by atoms with van der Waals surface area (Å²) in [6.45, 7) is 16.4. The van der Waals surface area contributed by atoms with Crippen molar-refractivity contribution >= 4 is 31.7 Å². The average Bonchev–Trinajstić information content (AvgIpc) is 3.01. The number of hydrogen-bond acceptors (Lipinski definition) is 5. The third kappa shape index (κ3) is 3.88. The van der Waals surface area contributed by atoms with Crippen molar-refractivity contribution in [2.24, 2.45) is 0 Å². The van der Waals surface area contributed by atoms with Crippen molar-refractivity contribution in [3.63, 3.8) is 0 Å². The number of aromatic nitrogens is 3.